The molecule has 0 aromatic heterocycles. The van der Waals surface area contributed by atoms with Crippen molar-refractivity contribution in [1.29, 1.82) is 0 Å². The lowest BCUT2D eigenvalue weighted by Crippen LogP contribution is -2.61. The lowest BCUT2D eigenvalue weighted by molar-refractivity contribution is -0.143. The third kappa shape index (κ3) is 4.52. The van der Waals surface area contributed by atoms with Gasteiger partial charge in [-0.15, -0.1) is 0 Å². The molecule has 0 radical (unpaired) electrons. The highest BCUT2D eigenvalue weighted by Crippen LogP contribution is 2.37. The first-order chi connectivity index (χ1) is 12.6. The summed E-state index contributed by atoms with van der Waals surface area (Å²) >= 11 is 0. The normalized spacial score (nSPS) is 22.9. The van der Waals surface area contributed by atoms with E-state index in [0.717, 1.165) is 5.71 Å². The minimum absolute atomic E-state index is 0. The van der Waals surface area contributed by atoms with E-state index >= 15 is 0 Å². The van der Waals surface area contributed by atoms with Crippen molar-refractivity contribution >= 4 is 23.4 Å². The Hall–Kier alpha value is -2.00. The van der Waals surface area contributed by atoms with Gasteiger partial charge >= 0.3 is 0 Å². The number of piperidine rings is 1. The molecule has 2 rings (SSSR count). The van der Waals surface area contributed by atoms with Crippen molar-refractivity contribution < 1.29 is 19.1 Å². The molecule has 28 heavy (non-hydrogen) atoms. The van der Waals surface area contributed by atoms with Crippen LogP contribution in [0.5, 0.6) is 0 Å². The molecule has 0 spiro atoms. The maximum absolute atomic E-state index is 13.1. The number of fused-ring (bicyclic) bond motifs is 1. The quantitative estimate of drug-likeness (QED) is 0.642. The molecular weight excluding hydrogens is 362 g/mol. The number of hydrazone groups is 1. The number of ether oxygens (including phenoxy) is 1. The predicted molar refractivity (Wildman–Crippen MR) is 108 cm³/mol. The summed E-state index contributed by atoms with van der Waals surface area (Å²) < 4.78 is 5.40. The topological polar surface area (TPSA) is 117 Å². The van der Waals surface area contributed by atoms with Gasteiger partial charge in [0.2, 0.25) is 11.8 Å². The number of nitrogens with zero attached hydrogens (tertiary/aromatic N) is 3. The Morgan fingerprint density at radius 2 is 2.04 bits per heavy atom. The van der Waals surface area contributed by atoms with Crippen molar-refractivity contribution in [2.24, 2.45) is 16.3 Å². The molecule has 160 valence electrons. The van der Waals surface area contributed by atoms with E-state index in [1.54, 1.807) is 25.8 Å². The van der Waals surface area contributed by atoms with Gasteiger partial charge in [0.05, 0.1) is 17.9 Å². The van der Waals surface area contributed by atoms with Crippen LogP contribution in [-0.2, 0) is 19.1 Å². The first-order valence-electron chi connectivity index (χ1n) is 9.39. The second kappa shape index (κ2) is 9.00. The van der Waals surface area contributed by atoms with Crippen LogP contribution in [0, 0.1) is 5.41 Å². The Balaban J connectivity index is 0.00000392. The zero-order valence-corrected chi connectivity index (χ0v) is 16.9. The molecule has 9 heteroatoms. The molecule has 0 aromatic carbocycles. The number of amides is 3. The first kappa shape index (κ1) is 24.0. The molecule has 0 bridgehead atoms. The summed E-state index contributed by atoms with van der Waals surface area (Å²) in [4.78, 5) is 39.7. The molecular formula is C19H35N5O4. The number of carbonyl (C=O) groups excluding carboxylic acids is 3. The van der Waals surface area contributed by atoms with Crippen LogP contribution in [0.3, 0.4) is 0 Å². The number of nitrogens with two attached hydrogens (primary N) is 1. The fraction of sp³-hybridized carbons (Fsp3) is 0.789. The summed E-state index contributed by atoms with van der Waals surface area (Å²) in [6.45, 7) is 8.09. The average molecular weight is 398 g/mol. The van der Waals surface area contributed by atoms with E-state index in [2.05, 4.69) is 10.4 Å². The zero-order chi connectivity index (χ0) is 20.4. The van der Waals surface area contributed by atoms with E-state index in [1.807, 2.05) is 13.8 Å². The van der Waals surface area contributed by atoms with Gasteiger partial charge in [-0.3, -0.25) is 14.4 Å². The summed E-state index contributed by atoms with van der Waals surface area (Å²) in [7, 11) is 1.64. The standard InChI is InChI=1S/C18H31N5O4.CH4/c1-6-18-11-23(9-8-13(18)21-22(5)16(18)26)14(24)12(10-27-7-2)20-15(25)17(3,4)19;/h12H,6-11,19H2,1-5H3,(H,20,25);1H4/t12-,18-;/m1./s1. The highest BCUT2D eigenvalue weighted by molar-refractivity contribution is 6.13. The molecule has 2 heterocycles. The van der Waals surface area contributed by atoms with E-state index < -0.39 is 22.9 Å². The van der Waals surface area contributed by atoms with Crippen molar-refractivity contribution in [3.05, 3.63) is 0 Å². The second-order valence-corrected chi connectivity index (χ2v) is 7.73. The van der Waals surface area contributed by atoms with Crippen LogP contribution in [0.2, 0.25) is 0 Å². The predicted octanol–water partition coefficient (Wildman–Crippen LogP) is 0.338. The molecule has 3 amide bonds. The third-order valence-electron chi connectivity index (χ3n) is 5.20. The van der Waals surface area contributed by atoms with Gasteiger partial charge < -0.3 is 20.7 Å². The Morgan fingerprint density at radius 3 is 2.57 bits per heavy atom. The smallest absolute Gasteiger partial charge is 0.256 e. The molecule has 0 unspecified atom stereocenters. The molecule has 2 atom stereocenters. The van der Waals surface area contributed by atoms with Crippen molar-refractivity contribution in [3.8, 4) is 0 Å². The largest absolute Gasteiger partial charge is 0.379 e. The van der Waals surface area contributed by atoms with Crippen LogP contribution < -0.4 is 11.1 Å². The van der Waals surface area contributed by atoms with E-state index in [0.29, 0.717) is 26.0 Å². The second-order valence-electron chi connectivity index (χ2n) is 7.73. The van der Waals surface area contributed by atoms with Crippen LogP contribution >= 0.6 is 0 Å². The maximum Gasteiger partial charge on any atom is 0.256 e. The van der Waals surface area contributed by atoms with Crippen molar-refractivity contribution in [3.63, 3.8) is 0 Å². The van der Waals surface area contributed by atoms with Gasteiger partial charge in [-0.2, -0.15) is 5.10 Å². The van der Waals surface area contributed by atoms with Crippen LogP contribution in [0.25, 0.3) is 0 Å². The van der Waals surface area contributed by atoms with Gasteiger partial charge in [-0.05, 0) is 27.2 Å². The summed E-state index contributed by atoms with van der Waals surface area (Å²) in [5.74, 6) is -0.789. The monoisotopic (exact) mass is 397 g/mol. The minimum Gasteiger partial charge on any atom is -0.379 e. The Labute approximate surface area is 167 Å². The number of carbonyl (C=O) groups is 3. The van der Waals surface area contributed by atoms with Crippen LogP contribution in [-0.4, -0.2) is 78.3 Å². The molecule has 3 N–H and O–H groups in total. The van der Waals surface area contributed by atoms with Crippen molar-refractivity contribution in [2.75, 3.05) is 33.4 Å². The number of nitrogens with one attached hydrogen (secondary N) is 1. The highest BCUT2D eigenvalue weighted by Gasteiger charge is 2.52. The van der Waals surface area contributed by atoms with E-state index in [4.69, 9.17) is 10.5 Å². The molecule has 2 aliphatic rings. The highest BCUT2D eigenvalue weighted by atomic mass is 16.5. The Kier molecular flexibility index (Phi) is 7.73. The summed E-state index contributed by atoms with van der Waals surface area (Å²) in [5, 5.41) is 8.41. The van der Waals surface area contributed by atoms with Gasteiger partial charge in [0.25, 0.3) is 5.91 Å². The minimum atomic E-state index is -1.11. The van der Waals surface area contributed by atoms with Gasteiger partial charge in [0, 0.05) is 33.2 Å². The summed E-state index contributed by atoms with van der Waals surface area (Å²) in [6.07, 6.45) is 1.10. The molecule has 9 nitrogen and oxygen atoms in total. The van der Waals surface area contributed by atoms with Gasteiger partial charge in [-0.25, -0.2) is 5.01 Å². The lowest BCUT2D eigenvalue weighted by atomic mass is 9.75. The maximum atomic E-state index is 13.1. The number of hydrogen-bond acceptors (Lipinski definition) is 6. The number of rotatable bonds is 7. The van der Waals surface area contributed by atoms with Gasteiger partial charge in [-0.1, -0.05) is 14.4 Å². The van der Waals surface area contributed by atoms with Gasteiger partial charge in [0.15, 0.2) is 0 Å². The lowest BCUT2D eigenvalue weighted by Gasteiger charge is -2.40. The molecule has 0 aromatic rings. The Bertz CT molecular complexity index is 643. The summed E-state index contributed by atoms with van der Waals surface area (Å²) in [6, 6.07) is -0.845. The molecule has 1 saturated heterocycles. The van der Waals surface area contributed by atoms with Gasteiger partial charge in [0.1, 0.15) is 11.5 Å². The average Bonchev–Trinajstić information content (AvgIpc) is 2.87. The number of hydrogen-bond donors (Lipinski definition) is 2. The SMILES string of the molecule is C.CCOC[C@@H](NC(=O)C(C)(C)N)C(=O)N1CCC2=NN(C)C(=O)[C@]2(CC)C1. The molecule has 1 fully saturated rings. The molecule has 2 aliphatic heterocycles. The van der Waals surface area contributed by atoms with E-state index in [9.17, 15) is 14.4 Å². The first-order valence-corrected chi connectivity index (χ1v) is 9.39. The van der Waals surface area contributed by atoms with Crippen molar-refractivity contribution in [2.45, 2.75) is 59.5 Å². The number of likely N-dealkylation sites (tertiary alicyclic amines) is 1. The molecule has 0 saturated carbocycles. The third-order valence-corrected chi connectivity index (χ3v) is 5.20. The van der Waals surface area contributed by atoms with Crippen LogP contribution in [0.1, 0.15) is 48.0 Å². The van der Waals surface area contributed by atoms with E-state index in [1.165, 1.54) is 5.01 Å². The Morgan fingerprint density at radius 1 is 1.39 bits per heavy atom. The van der Waals surface area contributed by atoms with E-state index in [-0.39, 0.29) is 32.4 Å². The fourth-order valence-corrected chi connectivity index (χ4v) is 3.48. The zero-order valence-electron chi connectivity index (χ0n) is 16.9. The fourth-order valence-electron chi connectivity index (χ4n) is 3.48. The van der Waals surface area contributed by atoms with Crippen molar-refractivity contribution in [1.82, 2.24) is 15.2 Å². The van der Waals surface area contributed by atoms with Crippen LogP contribution in [0.15, 0.2) is 5.10 Å². The summed E-state index contributed by atoms with van der Waals surface area (Å²) in [5.41, 5.74) is 4.79. The van der Waals surface area contributed by atoms with Crippen LogP contribution in [0.4, 0.5) is 0 Å². The molecule has 0 aliphatic carbocycles.